The maximum Gasteiger partial charge on any atom is 0.323 e. The van der Waals surface area contributed by atoms with Crippen molar-refractivity contribution >= 4 is 23.2 Å². The van der Waals surface area contributed by atoms with Gasteiger partial charge in [0.25, 0.3) is 0 Å². The minimum Gasteiger partial charge on any atom is -0.457 e. The molecule has 4 rings (SSSR count). The summed E-state index contributed by atoms with van der Waals surface area (Å²) in [6.45, 7) is 7.64. The number of benzene rings is 2. The van der Waals surface area contributed by atoms with E-state index in [1.165, 1.54) is 18.2 Å². The van der Waals surface area contributed by atoms with E-state index in [2.05, 4.69) is 34.4 Å². The average Bonchev–Trinajstić information content (AvgIpc) is 3.50. The van der Waals surface area contributed by atoms with E-state index in [0.29, 0.717) is 17.3 Å². The number of carbonyl (C=O) groups excluding carboxylic acids is 1. The Hall–Kier alpha value is -3.94. The van der Waals surface area contributed by atoms with Crippen molar-refractivity contribution in [2.24, 2.45) is 0 Å². The van der Waals surface area contributed by atoms with Crippen LogP contribution in [0.5, 0.6) is 11.5 Å². The molecule has 8 heteroatoms. The Kier molecular flexibility index (Phi) is 6.00. The van der Waals surface area contributed by atoms with E-state index in [-0.39, 0.29) is 22.5 Å². The maximum atomic E-state index is 14.6. The molecule has 1 aliphatic rings. The quantitative estimate of drug-likeness (QED) is 0.370. The highest BCUT2D eigenvalue weighted by Crippen LogP contribution is 2.48. The molecule has 1 saturated carbocycles. The first-order valence-electron chi connectivity index (χ1n) is 10.5. The Morgan fingerprint density at radius 3 is 2.39 bits per heavy atom. The topological polar surface area (TPSA) is 75.3 Å². The van der Waals surface area contributed by atoms with Gasteiger partial charge in [0, 0.05) is 24.0 Å². The number of nitrogens with one attached hydrogen (secondary N) is 3. The molecule has 0 atom stereocenters. The average molecular weight is 450 g/mol. The van der Waals surface area contributed by atoms with Crippen molar-refractivity contribution in [3.8, 4) is 11.5 Å². The molecule has 2 aromatic carbocycles. The highest BCUT2D eigenvalue weighted by atomic mass is 19.1. The van der Waals surface area contributed by atoms with Gasteiger partial charge in [0.1, 0.15) is 29.0 Å². The molecule has 1 aromatic heterocycles. The van der Waals surface area contributed by atoms with Crippen LogP contribution in [-0.2, 0) is 5.41 Å². The number of rotatable bonds is 7. The monoisotopic (exact) mass is 450 g/mol. The lowest BCUT2D eigenvalue weighted by Crippen LogP contribution is -2.21. The predicted molar refractivity (Wildman–Crippen MR) is 125 cm³/mol. The minimum absolute atomic E-state index is 0.0265. The normalized spacial score (nSPS) is 13.7. The molecule has 33 heavy (non-hydrogen) atoms. The second-order valence-electron chi connectivity index (χ2n) is 8.36. The molecule has 1 aliphatic carbocycles. The van der Waals surface area contributed by atoms with Gasteiger partial charge in [0.2, 0.25) is 0 Å². The predicted octanol–water partition coefficient (Wildman–Crippen LogP) is 6.79. The summed E-state index contributed by atoms with van der Waals surface area (Å²) >= 11 is 0. The van der Waals surface area contributed by atoms with Crippen molar-refractivity contribution in [3.05, 3.63) is 84.2 Å². The van der Waals surface area contributed by atoms with Gasteiger partial charge in [-0.05, 0) is 61.1 Å². The Morgan fingerprint density at radius 2 is 1.70 bits per heavy atom. The number of ether oxygens (including phenoxy) is 1. The van der Waals surface area contributed by atoms with Crippen LogP contribution in [0.25, 0.3) is 0 Å². The summed E-state index contributed by atoms with van der Waals surface area (Å²) in [5.41, 5.74) is 1.69. The van der Waals surface area contributed by atoms with Crippen LogP contribution in [-0.4, -0.2) is 11.0 Å². The Bertz CT molecular complexity index is 1220. The van der Waals surface area contributed by atoms with Crippen LogP contribution in [0.4, 0.5) is 30.8 Å². The fraction of sp³-hybridized carbons (Fsp3) is 0.200. The Labute approximate surface area is 190 Å². The summed E-state index contributed by atoms with van der Waals surface area (Å²) in [6.07, 6.45) is 3.60. The Balaban J connectivity index is 1.41. The lowest BCUT2D eigenvalue weighted by Gasteiger charge is -2.14. The number of urea groups is 1. The van der Waals surface area contributed by atoms with Crippen molar-refractivity contribution in [2.75, 3.05) is 16.0 Å². The van der Waals surface area contributed by atoms with Gasteiger partial charge in [0.05, 0.1) is 11.4 Å². The van der Waals surface area contributed by atoms with E-state index in [9.17, 15) is 13.6 Å². The zero-order valence-corrected chi connectivity index (χ0v) is 18.3. The van der Waals surface area contributed by atoms with Crippen LogP contribution in [0.3, 0.4) is 0 Å². The summed E-state index contributed by atoms with van der Waals surface area (Å²) in [7, 11) is 0. The van der Waals surface area contributed by atoms with Crippen LogP contribution >= 0.6 is 0 Å². The van der Waals surface area contributed by atoms with Crippen LogP contribution in [0.2, 0.25) is 0 Å². The largest absolute Gasteiger partial charge is 0.457 e. The Morgan fingerprint density at radius 1 is 0.970 bits per heavy atom. The highest BCUT2D eigenvalue weighted by Gasteiger charge is 2.39. The number of hydrogen-bond donors (Lipinski definition) is 3. The number of pyridine rings is 1. The number of halogens is 2. The summed E-state index contributed by atoms with van der Waals surface area (Å²) in [6, 6.07) is 11.3. The maximum absolute atomic E-state index is 14.6. The van der Waals surface area contributed by atoms with E-state index in [1.54, 1.807) is 37.4 Å². The van der Waals surface area contributed by atoms with Crippen LogP contribution in [0.15, 0.2) is 67.0 Å². The zero-order valence-electron chi connectivity index (χ0n) is 18.3. The van der Waals surface area contributed by atoms with Crippen LogP contribution in [0.1, 0.15) is 32.3 Å². The van der Waals surface area contributed by atoms with E-state index in [0.717, 1.165) is 24.5 Å². The molecule has 3 N–H and O–H groups in total. The van der Waals surface area contributed by atoms with Gasteiger partial charge >= 0.3 is 6.03 Å². The van der Waals surface area contributed by atoms with E-state index in [1.807, 2.05) is 0 Å². The molecule has 1 fully saturated rings. The lowest BCUT2D eigenvalue weighted by atomic mass is 9.98. The molecule has 0 radical (unpaired) electrons. The molecule has 0 aliphatic heterocycles. The van der Waals surface area contributed by atoms with Gasteiger partial charge < -0.3 is 20.7 Å². The molecule has 0 spiro atoms. The third kappa shape index (κ3) is 5.46. The number of anilines is 3. The summed E-state index contributed by atoms with van der Waals surface area (Å²) in [5.74, 6) is -0.0204. The first kappa shape index (κ1) is 22.3. The van der Waals surface area contributed by atoms with Crippen molar-refractivity contribution in [2.45, 2.75) is 32.1 Å². The van der Waals surface area contributed by atoms with Gasteiger partial charge in [-0.3, -0.25) is 0 Å². The summed E-state index contributed by atoms with van der Waals surface area (Å²) in [5, 5.41) is 7.83. The van der Waals surface area contributed by atoms with Gasteiger partial charge in [-0.2, -0.15) is 0 Å². The first-order chi connectivity index (χ1) is 15.7. The molecule has 0 unspecified atom stereocenters. The number of aromatic nitrogens is 1. The van der Waals surface area contributed by atoms with Crippen LogP contribution < -0.4 is 20.7 Å². The molecule has 3 aromatic rings. The highest BCUT2D eigenvalue weighted by molar-refractivity contribution is 6.00. The first-order valence-corrected chi connectivity index (χ1v) is 10.5. The van der Waals surface area contributed by atoms with Crippen molar-refractivity contribution < 1.29 is 18.3 Å². The van der Waals surface area contributed by atoms with Gasteiger partial charge in [0.15, 0.2) is 0 Å². The second-order valence-corrected chi connectivity index (χ2v) is 8.36. The SMILES string of the molecule is C=C(C)Nc1cc(Oc2ccc(NC(=O)Nc3cc(C4(C)CC4)ccc3F)c(F)c2)ccn1. The zero-order chi connectivity index (χ0) is 23.6. The number of hydrogen-bond acceptors (Lipinski definition) is 4. The standard InChI is InChI=1S/C25H24F2N4O2/c1-15(2)29-23-14-18(8-11-28-23)33-17-5-7-21(20(27)13-17)30-24(32)31-22-12-16(4-6-19(22)26)25(3)9-10-25/h4-8,11-14H,1,9-10H2,2-3H3,(H,28,29)(H2,30,31,32). The molecule has 6 nitrogen and oxygen atoms in total. The molecule has 0 saturated heterocycles. The number of allylic oxidation sites excluding steroid dienone is 1. The fourth-order valence-electron chi connectivity index (χ4n) is 3.31. The van der Waals surface area contributed by atoms with E-state index < -0.39 is 17.7 Å². The molecule has 170 valence electrons. The second kappa shape index (κ2) is 8.90. The van der Waals surface area contributed by atoms with Gasteiger partial charge in [-0.1, -0.05) is 19.6 Å². The summed E-state index contributed by atoms with van der Waals surface area (Å²) in [4.78, 5) is 16.5. The fourth-order valence-corrected chi connectivity index (χ4v) is 3.31. The lowest BCUT2D eigenvalue weighted by molar-refractivity contribution is 0.262. The molecule has 0 bridgehead atoms. The molecular weight excluding hydrogens is 426 g/mol. The van der Waals surface area contributed by atoms with Crippen molar-refractivity contribution in [1.29, 1.82) is 0 Å². The van der Waals surface area contributed by atoms with Crippen molar-refractivity contribution in [3.63, 3.8) is 0 Å². The van der Waals surface area contributed by atoms with Gasteiger partial charge in [-0.25, -0.2) is 18.6 Å². The van der Waals surface area contributed by atoms with E-state index >= 15 is 0 Å². The summed E-state index contributed by atoms with van der Waals surface area (Å²) < 4.78 is 34.4. The van der Waals surface area contributed by atoms with Gasteiger partial charge in [-0.15, -0.1) is 0 Å². The number of carbonyl (C=O) groups is 1. The third-order valence-electron chi connectivity index (χ3n) is 5.41. The number of amides is 2. The number of nitrogens with zero attached hydrogens (tertiary/aromatic N) is 1. The van der Waals surface area contributed by atoms with Crippen LogP contribution in [0, 0.1) is 11.6 Å². The van der Waals surface area contributed by atoms with Crippen molar-refractivity contribution in [1.82, 2.24) is 4.98 Å². The third-order valence-corrected chi connectivity index (χ3v) is 5.41. The molecule has 1 heterocycles. The molecular formula is C25H24F2N4O2. The smallest absolute Gasteiger partial charge is 0.323 e. The molecule has 2 amide bonds. The van der Waals surface area contributed by atoms with E-state index in [4.69, 9.17) is 4.74 Å². The minimum atomic E-state index is -0.746.